The van der Waals surface area contributed by atoms with Gasteiger partial charge in [0.1, 0.15) is 5.82 Å². The quantitative estimate of drug-likeness (QED) is 0.825. The van der Waals surface area contributed by atoms with Crippen LogP contribution in [0, 0.1) is 0 Å². The van der Waals surface area contributed by atoms with Crippen molar-refractivity contribution in [1.82, 2.24) is 9.78 Å². The summed E-state index contributed by atoms with van der Waals surface area (Å²) in [6.07, 6.45) is 0. The molecule has 2 rings (SSSR count). The molecule has 0 aromatic carbocycles. The highest BCUT2D eigenvalue weighted by atomic mass is 32.1. The molecule has 2 aromatic heterocycles. The number of aromatic nitrogens is 2. The van der Waals surface area contributed by atoms with Crippen LogP contribution in [-0.2, 0) is 12.5 Å². The summed E-state index contributed by atoms with van der Waals surface area (Å²) in [4.78, 5) is 1.19. The maximum absolute atomic E-state index is 6.10. The van der Waals surface area contributed by atoms with Crippen molar-refractivity contribution in [2.24, 2.45) is 7.05 Å². The molecular weight excluding hydrogens is 218 g/mol. The fourth-order valence-corrected chi connectivity index (χ4v) is 2.51. The minimum Gasteiger partial charge on any atom is -0.383 e. The van der Waals surface area contributed by atoms with Crippen molar-refractivity contribution in [3.8, 4) is 10.4 Å². The van der Waals surface area contributed by atoms with Gasteiger partial charge in [-0.2, -0.15) is 5.10 Å². The molecule has 0 saturated carbocycles. The second kappa shape index (κ2) is 3.63. The highest BCUT2D eigenvalue weighted by molar-refractivity contribution is 7.13. The number of aryl methyl sites for hydroxylation is 1. The molecule has 0 aliphatic heterocycles. The van der Waals surface area contributed by atoms with Gasteiger partial charge >= 0.3 is 0 Å². The van der Waals surface area contributed by atoms with Crippen LogP contribution in [0.1, 0.15) is 26.5 Å². The Kier molecular flexibility index (Phi) is 2.54. The second-order valence-corrected chi connectivity index (χ2v) is 5.91. The van der Waals surface area contributed by atoms with Crippen molar-refractivity contribution in [2.45, 2.75) is 26.2 Å². The van der Waals surface area contributed by atoms with Gasteiger partial charge in [-0.15, -0.1) is 11.3 Å². The van der Waals surface area contributed by atoms with Gasteiger partial charge in [0, 0.05) is 17.3 Å². The maximum Gasteiger partial charge on any atom is 0.130 e. The van der Waals surface area contributed by atoms with Crippen LogP contribution in [-0.4, -0.2) is 9.78 Å². The summed E-state index contributed by atoms with van der Waals surface area (Å²) in [6, 6.07) is 4.13. The van der Waals surface area contributed by atoms with Gasteiger partial charge in [0.2, 0.25) is 0 Å². The number of thiophene rings is 1. The molecular formula is C12H17N3S. The Bertz CT molecular complexity index is 489. The molecule has 0 bridgehead atoms. The molecule has 0 aliphatic carbocycles. The largest absolute Gasteiger partial charge is 0.383 e. The molecule has 86 valence electrons. The number of hydrogen-bond acceptors (Lipinski definition) is 3. The predicted octanol–water partition coefficient (Wildman–Crippen LogP) is 3.03. The average molecular weight is 235 g/mol. The van der Waals surface area contributed by atoms with Crippen LogP contribution in [0.15, 0.2) is 17.5 Å². The minimum absolute atomic E-state index is 0.00863. The SMILES string of the molecule is Cn1nc(C(C)(C)C)c(-c2cccs2)c1N. The topological polar surface area (TPSA) is 43.8 Å². The van der Waals surface area contributed by atoms with E-state index in [4.69, 9.17) is 5.73 Å². The zero-order valence-electron chi connectivity index (χ0n) is 10.1. The molecule has 0 unspecified atom stereocenters. The van der Waals surface area contributed by atoms with Crippen molar-refractivity contribution in [1.29, 1.82) is 0 Å². The summed E-state index contributed by atoms with van der Waals surface area (Å²) in [5, 5.41) is 6.60. The van der Waals surface area contributed by atoms with Crippen LogP contribution < -0.4 is 5.73 Å². The first kappa shape index (κ1) is 11.2. The summed E-state index contributed by atoms with van der Waals surface area (Å²) in [5.74, 6) is 0.743. The lowest BCUT2D eigenvalue weighted by molar-refractivity contribution is 0.555. The van der Waals surface area contributed by atoms with E-state index in [0.29, 0.717) is 0 Å². The van der Waals surface area contributed by atoms with E-state index >= 15 is 0 Å². The van der Waals surface area contributed by atoms with E-state index in [1.807, 2.05) is 13.1 Å². The van der Waals surface area contributed by atoms with Crippen molar-refractivity contribution < 1.29 is 0 Å². The number of nitrogens with two attached hydrogens (primary N) is 1. The number of nitrogens with zero attached hydrogens (tertiary/aromatic N) is 2. The Balaban J connectivity index is 2.68. The van der Waals surface area contributed by atoms with Gasteiger partial charge in [0.25, 0.3) is 0 Å². The molecule has 16 heavy (non-hydrogen) atoms. The minimum atomic E-state index is 0.00863. The summed E-state index contributed by atoms with van der Waals surface area (Å²) >= 11 is 1.70. The lowest BCUT2D eigenvalue weighted by Gasteiger charge is -2.16. The van der Waals surface area contributed by atoms with Gasteiger partial charge in [-0.05, 0) is 11.4 Å². The molecule has 0 fully saturated rings. The van der Waals surface area contributed by atoms with Crippen molar-refractivity contribution in [3.63, 3.8) is 0 Å². The van der Waals surface area contributed by atoms with Gasteiger partial charge in [0.05, 0.1) is 11.3 Å². The van der Waals surface area contributed by atoms with E-state index in [1.54, 1.807) is 16.0 Å². The third kappa shape index (κ3) is 1.73. The van der Waals surface area contributed by atoms with Crippen molar-refractivity contribution in [2.75, 3.05) is 5.73 Å². The first-order valence-corrected chi connectivity index (χ1v) is 6.16. The zero-order chi connectivity index (χ0) is 11.9. The normalized spacial score (nSPS) is 12.0. The Morgan fingerprint density at radius 3 is 2.56 bits per heavy atom. The molecule has 2 heterocycles. The van der Waals surface area contributed by atoms with Gasteiger partial charge in [0.15, 0.2) is 0 Å². The van der Waals surface area contributed by atoms with E-state index in [1.165, 1.54) is 4.88 Å². The molecule has 0 amide bonds. The predicted molar refractivity (Wildman–Crippen MR) is 69.6 cm³/mol. The van der Waals surface area contributed by atoms with E-state index in [2.05, 4.69) is 37.3 Å². The number of rotatable bonds is 1. The van der Waals surface area contributed by atoms with E-state index < -0.39 is 0 Å². The molecule has 2 N–H and O–H groups in total. The Morgan fingerprint density at radius 2 is 2.06 bits per heavy atom. The zero-order valence-corrected chi connectivity index (χ0v) is 10.9. The lowest BCUT2D eigenvalue weighted by Crippen LogP contribution is -2.13. The van der Waals surface area contributed by atoms with Crippen LogP contribution in [0.25, 0.3) is 10.4 Å². The molecule has 0 aliphatic rings. The van der Waals surface area contributed by atoms with Gasteiger partial charge in [-0.3, -0.25) is 4.68 Å². The van der Waals surface area contributed by atoms with Gasteiger partial charge in [-0.1, -0.05) is 26.8 Å². The Hall–Kier alpha value is -1.29. The fraction of sp³-hybridized carbons (Fsp3) is 0.417. The molecule has 0 saturated heterocycles. The standard InChI is InChI=1S/C12H17N3S/c1-12(2,3)10-9(8-6-5-7-16-8)11(13)15(4)14-10/h5-7H,13H2,1-4H3. The highest BCUT2D eigenvalue weighted by Crippen LogP contribution is 2.38. The number of nitrogen functional groups attached to an aromatic ring is 1. The van der Waals surface area contributed by atoms with Gasteiger partial charge < -0.3 is 5.73 Å². The van der Waals surface area contributed by atoms with E-state index in [-0.39, 0.29) is 5.41 Å². The Morgan fingerprint density at radius 1 is 1.38 bits per heavy atom. The lowest BCUT2D eigenvalue weighted by atomic mass is 9.89. The van der Waals surface area contributed by atoms with E-state index in [0.717, 1.165) is 17.1 Å². The van der Waals surface area contributed by atoms with E-state index in [9.17, 15) is 0 Å². The van der Waals surface area contributed by atoms with Crippen LogP contribution in [0.3, 0.4) is 0 Å². The second-order valence-electron chi connectivity index (χ2n) is 4.96. The molecule has 0 spiro atoms. The molecule has 0 atom stereocenters. The molecule has 4 heteroatoms. The first-order chi connectivity index (χ1) is 7.41. The maximum atomic E-state index is 6.10. The van der Waals surface area contributed by atoms with Crippen LogP contribution in [0.4, 0.5) is 5.82 Å². The average Bonchev–Trinajstić information content (AvgIpc) is 2.75. The summed E-state index contributed by atoms with van der Waals surface area (Å²) < 4.78 is 1.76. The van der Waals surface area contributed by atoms with Crippen molar-refractivity contribution >= 4 is 17.2 Å². The van der Waals surface area contributed by atoms with Crippen LogP contribution in [0.5, 0.6) is 0 Å². The summed E-state index contributed by atoms with van der Waals surface area (Å²) in [5.41, 5.74) is 8.26. The van der Waals surface area contributed by atoms with Crippen LogP contribution in [0.2, 0.25) is 0 Å². The fourth-order valence-electron chi connectivity index (χ4n) is 1.73. The summed E-state index contributed by atoms with van der Waals surface area (Å²) in [6.45, 7) is 6.48. The first-order valence-electron chi connectivity index (χ1n) is 5.28. The molecule has 3 nitrogen and oxygen atoms in total. The smallest absolute Gasteiger partial charge is 0.130 e. The monoisotopic (exact) mass is 235 g/mol. The third-order valence-electron chi connectivity index (χ3n) is 2.57. The third-order valence-corrected chi connectivity index (χ3v) is 3.46. The van der Waals surface area contributed by atoms with Crippen molar-refractivity contribution in [3.05, 3.63) is 23.2 Å². The summed E-state index contributed by atoms with van der Waals surface area (Å²) in [7, 11) is 1.89. The highest BCUT2D eigenvalue weighted by Gasteiger charge is 2.26. The molecule has 0 radical (unpaired) electrons. The number of anilines is 1. The van der Waals surface area contributed by atoms with Gasteiger partial charge in [-0.25, -0.2) is 0 Å². The van der Waals surface area contributed by atoms with Crippen LogP contribution >= 0.6 is 11.3 Å². The Labute approximate surface area is 99.9 Å². The number of hydrogen-bond donors (Lipinski definition) is 1. The molecule has 2 aromatic rings.